The Morgan fingerprint density at radius 3 is 2.54 bits per heavy atom. The summed E-state index contributed by atoms with van der Waals surface area (Å²) in [4.78, 5) is 23.9. The van der Waals surface area contributed by atoms with Gasteiger partial charge in [0, 0.05) is 16.8 Å². The molecule has 0 bridgehead atoms. The van der Waals surface area contributed by atoms with E-state index in [0.717, 1.165) is 6.42 Å². The van der Waals surface area contributed by atoms with Gasteiger partial charge in [-0.3, -0.25) is 14.9 Å². The fraction of sp³-hybridized carbons (Fsp3) is 0.286. The summed E-state index contributed by atoms with van der Waals surface area (Å²) in [6, 6.07) is 12.1. The van der Waals surface area contributed by atoms with Crippen molar-refractivity contribution in [3.8, 4) is 5.75 Å². The molecule has 2 rings (SSSR count). The van der Waals surface area contributed by atoms with Gasteiger partial charge in [-0.1, -0.05) is 26.0 Å². The second-order valence-electron chi connectivity index (χ2n) is 6.72. The van der Waals surface area contributed by atoms with Gasteiger partial charge >= 0.3 is 0 Å². The topological polar surface area (TPSA) is 67.4 Å². The molecule has 0 unspecified atom stereocenters. The molecular weight excluding hydrogens is 440 g/mol. The van der Waals surface area contributed by atoms with E-state index in [4.69, 9.17) is 17.0 Å². The summed E-state index contributed by atoms with van der Waals surface area (Å²) in [5, 5.41) is 5.70. The van der Waals surface area contributed by atoms with Crippen molar-refractivity contribution in [2.75, 3.05) is 11.9 Å². The van der Waals surface area contributed by atoms with Crippen molar-refractivity contribution in [2.45, 2.75) is 27.2 Å². The van der Waals surface area contributed by atoms with Crippen LogP contribution in [-0.2, 0) is 0 Å². The van der Waals surface area contributed by atoms with E-state index in [2.05, 4.69) is 40.4 Å². The minimum Gasteiger partial charge on any atom is -0.492 e. The maximum absolute atomic E-state index is 12.4. The fourth-order valence-corrected chi connectivity index (χ4v) is 3.02. The van der Waals surface area contributed by atoms with E-state index in [1.165, 1.54) is 6.92 Å². The third-order valence-electron chi connectivity index (χ3n) is 3.90. The van der Waals surface area contributed by atoms with Gasteiger partial charge in [-0.05, 0) is 77.7 Å². The van der Waals surface area contributed by atoms with Crippen LogP contribution in [0.4, 0.5) is 5.69 Å². The van der Waals surface area contributed by atoms with Crippen molar-refractivity contribution in [3.05, 3.63) is 58.1 Å². The molecule has 2 N–H and O–H groups in total. The standard InChI is InChI=1S/C21H23BrN2O3S/c1-13(2)9-10-27-19-8-7-16(12-18(19)22)20(26)24-21(28)23-17-6-4-5-15(11-17)14(3)25/h4-8,11-13H,9-10H2,1-3H3,(H2,23,24,26,28). The second-order valence-corrected chi connectivity index (χ2v) is 7.98. The summed E-state index contributed by atoms with van der Waals surface area (Å²) in [7, 11) is 0. The first kappa shape index (κ1) is 22.0. The Kier molecular flexibility index (Phi) is 8.14. The number of rotatable bonds is 7. The summed E-state index contributed by atoms with van der Waals surface area (Å²) in [6.45, 7) is 6.39. The molecule has 0 radical (unpaired) electrons. The maximum atomic E-state index is 12.4. The zero-order chi connectivity index (χ0) is 20.7. The lowest BCUT2D eigenvalue weighted by Gasteiger charge is -2.12. The highest BCUT2D eigenvalue weighted by Crippen LogP contribution is 2.26. The number of thiocarbonyl (C=S) groups is 1. The van der Waals surface area contributed by atoms with E-state index in [1.807, 2.05) is 0 Å². The van der Waals surface area contributed by atoms with E-state index in [1.54, 1.807) is 42.5 Å². The third-order valence-corrected chi connectivity index (χ3v) is 4.72. The van der Waals surface area contributed by atoms with Gasteiger partial charge in [-0.15, -0.1) is 0 Å². The first-order valence-electron chi connectivity index (χ1n) is 8.92. The molecule has 0 spiro atoms. The van der Waals surface area contributed by atoms with Gasteiger partial charge in [0.15, 0.2) is 10.9 Å². The molecule has 28 heavy (non-hydrogen) atoms. The number of hydrogen-bond acceptors (Lipinski definition) is 4. The first-order chi connectivity index (χ1) is 13.3. The Morgan fingerprint density at radius 2 is 1.89 bits per heavy atom. The molecular formula is C21H23BrN2O3S. The summed E-state index contributed by atoms with van der Waals surface area (Å²) in [5.74, 6) is 0.876. The summed E-state index contributed by atoms with van der Waals surface area (Å²) in [5.41, 5.74) is 1.65. The number of hydrogen-bond donors (Lipinski definition) is 2. The van der Waals surface area contributed by atoms with E-state index < -0.39 is 0 Å². The largest absolute Gasteiger partial charge is 0.492 e. The quantitative estimate of drug-likeness (QED) is 0.436. The van der Waals surface area contributed by atoms with Crippen LogP contribution in [0.1, 0.15) is 47.9 Å². The minimum atomic E-state index is -0.338. The Hall–Kier alpha value is -2.25. The summed E-state index contributed by atoms with van der Waals surface area (Å²) >= 11 is 8.64. The number of benzene rings is 2. The SMILES string of the molecule is CC(=O)c1cccc(NC(=S)NC(=O)c2ccc(OCCC(C)C)c(Br)c2)c1. The van der Waals surface area contributed by atoms with Crippen molar-refractivity contribution in [1.82, 2.24) is 5.32 Å². The van der Waals surface area contributed by atoms with Crippen molar-refractivity contribution >= 4 is 50.6 Å². The fourth-order valence-electron chi connectivity index (χ4n) is 2.32. The molecule has 0 aliphatic carbocycles. The predicted molar refractivity (Wildman–Crippen MR) is 119 cm³/mol. The molecule has 0 aliphatic rings. The minimum absolute atomic E-state index is 0.0424. The average molecular weight is 463 g/mol. The normalized spacial score (nSPS) is 10.5. The van der Waals surface area contributed by atoms with Gasteiger partial charge in [0.25, 0.3) is 5.91 Å². The number of nitrogens with one attached hydrogen (secondary N) is 2. The van der Waals surface area contributed by atoms with Gasteiger partial charge in [-0.2, -0.15) is 0 Å². The van der Waals surface area contributed by atoms with Gasteiger partial charge in [0.05, 0.1) is 11.1 Å². The van der Waals surface area contributed by atoms with Crippen LogP contribution in [0.15, 0.2) is 46.9 Å². The van der Waals surface area contributed by atoms with Crippen LogP contribution in [-0.4, -0.2) is 23.4 Å². The van der Waals surface area contributed by atoms with E-state index in [0.29, 0.717) is 39.6 Å². The highest BCUT2D eigenvalue weighted by atomic mass is 79.9. The molecule has 0 saturated carbocycles. The molecule has 0 aromatic heterocycles. The van der Waals surface area contributed by atoms with Crippen molar-refractivity contribution < 1.29 is 14.3 Å². The van der Waals surface area contributed by atoms with Crippen LogP contribution in [0.25, 0.3) is 0 Å². The average Bonchev–Trinajstić information content (AvgIpc) is 2.62. The molecule has 0 heterocycles. The number of carbonyl (C=O) groups excluding carboxylic acids is 2. The number of carbonyl (C=O) groups is 2. The van der Waals surface area contributed by atoms with Gasteiger partial charge in [-0.25, -0.2) is 0 Å². The van der Waals surface area contributed by atoms with Gasteiger partial charge in [0.2, 0.25) is 0 Å². The van der Waals surface area contributed by atoms with Crippen molar-refractivity contribution in [1.29, 1.82) is 0 Å². The molecule has 148 valence electrons. The van der Waals surface area contributed by atoms with Crippen LogP contribution in [0.2, 0.25) is 0 Å². The first-order valence-corrected chi connectivity index (χ1v) is 10.1. The molecule has 5 nitrogen and oxygen atoms in total. The smallest absolute Gasteiger partial charge is 0.257 e. The van der Waals surface area contributed by atoms with Crippen LogP contribution in [0.5, 0.6) is 5.75 Å². The number of ketones is 1. The number of Topliss-reactive ketones (excluding diaryl/α,β-unsaturated/α-hetero) is 1. The molecule has 0 aliphatic heterocycles. The van der Waals surface area contributed by atoms with Crippen molar-refractivity contribution in [3.63, 3.8) is 0 Å². The van der Waals surface area contributed by atoms with Crippen molar-refractivity contribution in [2.24, 2.45) is 5.92 Å². The van der Waals surface area contributed by atoms with Gasteiger partial charge < -0.3 is 10.1 Å². The molecule has 1 amide bonds. The lowest BCUT2D eigenvalue weighted by molar-refractivity contribution is 0.0975. The van der Waals surface area contributed by atoms with E-state index in [9.17, 15) is 9.59 Å². The third kappa shape index (κ3) is 6.73. The summed E-state index contributed by atoms with van der Waals surface area (Å²) in [6.07, 6.45) is 0.958. The van der Waals surface area contributed by atoms with E-state index >= 15 is 0 Å². The van der Waals surface area contributed by atoms with Crippen LogP contribution < -0.4 is 15.4 Å². The number of ether oxygens (including phenoxy) is 1. The Labute approximate surface area is 179 Å². The molecule has 0 fully saturated rings. The highest BCUT2D eigenvalue weighted by molar-refractivity contribution is 9.10. The molecule has 7 heteroatoms. The van der Waals surface area contributed by atoms with E-state index in [-0.39, 0.29) is 16.8 Å². The van der Waals surface area contributed by atoms with Crippen LogP contribution in [0.3, 0.4) is 0 Å². The number of anilines is 1. The molecule has 0 atom stereocenters. The predicted octanol–water partition coefficient (Wildman–Crippen LogP) is 5.20. The maximum Gasteiger partial charge on any atom is 0.257 e. The Balaban J connectivity index is 1.96. The zero-order valence-corrected chi connectivity index (χ0v) is 18.4. The highest BCUT2D eigenvalue weighted by Gasteiger charge is 2.12. The Bertz CT molecular complexity index is 884. The van der Waals surface area contributed by atoms with Gasteiger partial charge in [0.1, 0.15) is 5.75 Å². The Morgan fingerprint density at radius 1 is 1.14 bits per heavy atom. The number of amides is 1. The lowest BCUT2D eigenvalue weighted by atomic mass is 10.1. The summed E-state index contributed by atoms with van der Waals surface area (Å²) < 4.78 is 6.43. The molecule has 0 saturated heterocycles. The lowest BCUT2D eigenvalue weighted by Crippen LogP contribution is -2.34. The second kappa shape index (κ2) is 10.3. The number of halogens is 1. The molecule has 2 aromatic carbocycles. The monoisotopic (exact) mass is 462 g/mol. The van der Waals surface area contributed by atoms with Crippen LogP contribution >= 0.6 is 28.1 Å². The molecule has 2 aromatic rings. The van der Waals surface area contributed by atoms with Crippen LogP contribution in [0, 0.1) is 5.92 Å². The zero-order valence-electron chi connectivity index (χ0n) is 16.0.